The molecule has 0 aromatic heterocycles. The minimum atomic E-state index is -0.295. The minimum Gasteiger partial charge on any atom is -0.497 e. The van der Waals surface area contributed by atoms with Gasteiger partial charge < -0.3 is 24.8 Å². The number of rotatable bonds is 6. The predicted octanol–water partition coefficient (Wildman–Crippen LogP) is 3.62. The summed E-state index contributed by atoms with van der Waals surface area (Å²) in [6.07, 6.45) is 1.80. The number of nitrogens with one attached hydrogen (secondary N) is 2. The highest BCUT2D eigenvalue weighted by molar-refractivity contribution is 8.05. The fraction of sp³-hybridized carbons (Fsp3) is 0.250. The van der Waals surface area contributed by atoms with Crippen LogP contribution in [0.15, 0.2) is 41.3 Å². The summed E-state index contributed by atoms with van der Waals surface area (Å²) in [5.41, 5.74) is 2.42. The number of amides is 1. The van der Waals surface area contributed by atoms with Crippen molar-refractivity contribution in [3.63, 3.8) is 0 Å². The summed E-state index contributed by atoms with van der Waals surface area (Å²) in [6, 6.07) is 11.3. The van der Waals surface area contributed by atoms with E-state index in [2.05, 4.69) is 10.6 Å². The molecule has 1 unspecified atom stereocenters. The van der Waals surface area contributed by atoms with E-state index in [4.69, 9.17) is 14.2 Å². The third-order valence-corrected chi connectivity index (χ3v) is 5.12. The maximum absolute atomic E-state index is 12.4. The highest BCUT2D eigenvalue weighted by atomic mass is 32.2. The number of hydrogen-bond donors (Lipinski definition) is 2. The summed E-state index contributed by atoms with van der Waals surface area (Å²) in [5, 5.41) is 6.23. The molecule has 0 aliphatic carbocycles. The number of ether oxygens (including phenoxy) is 3. The second kappa shape index (κ2) is 8.26. The predicted molar refractivity (Wildman–Crippen MR) is 108 cm³/mol. The van der Waals surface area contributed by atoms with Gasteiger partial charge in [0.1, 0.15) is 17.2 Å². The van der Waals surface area contributed by atoms with Crippen LogP contribution in [0.1, 0.15) is 11.1 Å². The van der Waals surface area contributed by atoms with Crippen molar-refractivity contribution in [1.82, 2.24) is 5.32 Å². The summed E-state index contributed by atoms with van der Waals surface area (Å²) in [5.74, 6) is 1.95. The highest BCUT2D eigenvalue weighted by Crippen LogP contribution is 2.35. The molecule has 3 rings (SSSR count). The van der Waals surface area contributed by atoms with Gasteiger partial charge in [-0.05, 0) is 48.9 Å². The van der Waals surface area contributed by atoms with Crippen LogP contribution >= 0.6 is 11.8 Å². The molecule has 1 amide bonds. The number of aryl methyl sites for hydroxylation is 1. The summed E-state index contributed by atoms with van der Waals surface area (Å²) >= 11 is 1.40. The van der Waals surface area contributed by atoms with Crippen molar-refractivity contribution in [1.29, 1.82) is 0 Å². The van der Waals surface area contributed by atoms with Crippen LogP contribution in [0.3, 0.4) is 0 Å². The van der Waals surface area contributed by atoms with Crippen molar-refractivity contribution >= 4 is 29.4 Å². The Bertz CT molecular complexity index is 882. The van der Waals surface area contributed by atoms with Crippen LogP contribution in [-0.4, -0.2) is 32.7 Å². The SMILES string of the molecule is COc1ccc(OC)c(/C=C2\SC(Nc3cc(C)ccc3OC)NC2=O)c1. The zero-order chi connectivity index (χ0) is 19.4. The van der Waals surface area contributed by atoms with Crippen LogP contribution in [0.4, 0.5) is 5.69 Å². The molecule has 2 aromatic rings. The smallest absolute Gasteiger partial charge is 0.260 e. The van der Waals surface area contributed by atoms with E-state index in [-0.39, 0.29) is 11.4 Å². The van der Waals surface area contributed by atoms with Gasteiger partial charge in [0.2, 0.25) is 0 Å². The molecule has 142 valence electrons. The lowest BCUT2D eigenvalue weighted by Gasteiger charge is -2.16. The molecule has 27 heavy (non-hydrogen) atoms. The third kappa shape index (κ3) is 4.31. The molecule has 2 N–H and O–H groups in total. The Balaban J connectivity index is 1.82. The minimum absolute atomic E-state index is 0.144. The van der Waals surface area contributed by atoms with Crippen LogP contribution in [0.2, 0.25) is 0 Å². The van der Waals surface area contributed by atoms with E-state index in [1.807, 2.05) is 43.3 Å². The normalized spacial score (nSPS) is 17.6. The second-order valence-corrected chi connectivity index (χ2v) is 7.08. The molecule has 0 saturated carbocycles. The number of hydrogen-bond acceptors (Lipinski definition) is 6. The monoisotopic (exact) mass is 386 g/mol. The zero-order valence-corrected chi connectivity index (χ0v) is 16.5. The first-order valence-electron chi connectivity index (χ1n) is 8.36. The summed E-state index contributed by atoms with van der Waals surface area (Å²) in [4.78, 5) is 13.0. The number of thioether (sulfide) groups is 1. The number of carbonyl (C=O) groups is 1. The van der Waals surface area contributed by atoms with E-state index in [0.29, 0.717) is 16.4 Å². The van der Waals surface area contributed by atoms with Crippen molar-refractivity contribution < 1.29 is 19.0 Å². The fourth-order valence-electron chi connectivity index (χ4n) is 2.73. The van der Waals surface area contributed by atoms with Gasteiger partial charge in [-0.3, -0.25) is 4.79 Å². The Morgan fingerprint density at radius 2 is 1.78 bits per heavy atom. The number of methoxy groups -OCH3 is 3. The summed E-state index contributed by atoms with van der Waals surface area (Å²) in [7, 11) is 4.82. The molecule has 0 spiro atoms. The van der Waals surface area contributed by atoms with E-state index in [1.54, 1.807) is 27.4 Å². The average molecular weight is 386 g/mol. The number of anilines is 1. The molecular formula is C20H22N2O4S. The molecule has 2 aromatic carbocycles. The van der Waals surface area contributed by atoms with Crippen molar-refractivity contribution in [2.45, 2.75) is 12.4 Å². The molecule has 1 saturated heterocycles. The van der Waals surface area contributed by atoms with Crippen LogP contribution in [0, 0.1) is 6.92 Å². The molecule has 1 fully saturated rings. The Morgan fingerprint density at radius 3 is 2.48 bits per heavy atom. The van der Waals surface area contributed by atoms with Gasteiger partial charge in [-0.15, -0.1) is 0 Å². The van der Waals surface area contributed by atoms with E-state index < -0.39 is 0 Å². The number of carbonyl (C=O) groups excluding carboxylic acids is 1. The van der Waals surface area contributed by atoms with Crippen molar-refractivity contribution in [2.24, 2.45) is 0 Å². The van der Waals surface area contributed by atoms with E-state index >= 15 is 0 Å². The second-order valence-electron chi connectivity index (χ2n) is 5.94. The topological polar surface area (TPSA) is 68.8 Å². The van der Waals surface area contributed by atoms with Crippen LogP contribution in [0.5, 0.6) is 17.2 Å². The summed E-state index contributed by atoms with van der Waals surface area (Å²) < 4.78 is 16.0. The molecule has 6 nitrogen and oxygen atoms in total. The highest BCUT2D eigenvalue weighted by Gasteiger charge is 2.28. The first-order valence-corrected chi connectivity index (χ1v) is 9.24. The molecule has 1 atom stereocenters. The maximum Gasteiger partial charge on any atom is 0.260 e. The molecule has 7 heteroatoms. The van der Waals surface area contributed by atoms with E-state index in [0.717, 1.165) is 22.6 Å². The lowest BCUT2D eigenvalue weighted by molar-refractivity contribution is -0.116. The molecule has 1 heterocycles. The largest absolute Gasteiger partial charge is 0.497 e. The van der Waals surface area contributed by atoms with Gasteiger partial charge >= 0.3 is 0 Å². The first-order chi connectivity index (χ1) is 13.0. The Labute approximate surface area is 162 Å². The molecule has 1 aliphatic rings. The summed E-state index contributed by atoms with van der Waals surface area (Å²) in [6.45, 7) is 2.01. The van der Waals surface area contributed by atoms with Crippen molar-refractivity contribution in [3.05, 3.63) is 52.4 Å². The molecule has 1 aliphatic heterocycles. The fourth-order valence-corrected chi connectivity index (χ4v) is 3.70. The van der Waals surface area contributed by atoms with Gasteiger partial charge in [0.25, 0.3) is 5.91 Å². The van der Waals surface area contributed by atoms with Gasteiger partial charge in [-0.25, -0.2) is 0 Å². The van der Waals surface area contributed by atoms with E-state index in [1.165, 1.54) is 11.8 Å². The van der Waals surface area contributed by atoms with Crippen molar-refractivity contribution in [3.8, 4) is 17.2 Å². The van der Waals surface area contributed by atoms with Gasteiger partial charge in [-0.2, -0.15) is 0 Å². The van der Waals surface area contributed by atoms with Gasteiger partial charge in [0, 0.05) is 5.56 Å². The lowest BCUT2D eigenvalue weighted by atomic mass is 10.1. The molecular weight excluding hydrogens is 364 g/mol. The van der Waals surface area contributed by atoms with Crippen LogP contribution < -0.4 is 24.8 Å². The standard InChI is InChI=1S/C20H22N2O4S/c1-12-5-7-17(26-4)15(9-12)21-20-22-19(23)18(27-20)11-13-10-14(24-2)6-8-16(13)25-3/h5-11,20-21H,1-4H3,(H,22,23)/b18-11-. The van der Waals surface area contributed by atoms with Gasteiger partial charge in [0.15, 0.2) is 5.50 Å². The maximum atomic E-state index is 12.4. The Hall–Kier alpha value is -2.80. The van der Waals surface area contributed by atoms with E-state index in [9.17, 15) is 4.79 Å². The third-order valence-electron chi connectivity index (χ3n) is 4.10. The Morgan fingerprint density at radius 1 is 1.04 bits per heavy atom. The van der Waals surface area contributed by atoms with Crippen molar-refractivity contribution in [2.75, 3.05) is 26.6 Å². The van der Waals surface area contributed by atoms with Gasteiger partial charge in [-0.1, -0.05) is 17.8 Å². The van der Waals surface area contributed by atoms with Gasteiger partial charge in [0.05, 0.1) is 31.9 Å². The zero-order valence-electron chi connectivity index (χ0n) is 15.7. The number of benzene rings is 2. The quantitative estimate of drug-likeness (QED) is 0.739. The van der Waals surface area contributed by atoms with Crippen LogP contribution in [0.25, 0.3) is 6.08 Å². The lowest BCUT2D eigenvalue weighted by Crippen LogP contribution is -2.31. The molecule has 0 radical (unpaired) electrons. The van der Waals surface area contributed by atoms with Crippen LogP contribution in [-0.2, 0) is 4.79 Å². The first kappa shape index (κ1) is 19.0. The Kier molecular flexibility index (Phi) is 5.81. The molecule has 0 bridgehead atoms. The average Bonchev–Trinajstić information content (AvgIpc) is 3.00.